The van der Waals surface area contributed by atoms with E-state index in [-0.39, 0.29) is 30.7 Å². The lowest BCUT2D eigenvalue weighted by atomic mass is 10.1. The summed E-state index contributed by atoms with van der Waals surface area (Å²) in [4.78, 5) is 24.2. The van der Waals surface area contributed by atoms with Gasteiger partial charge in [-0.15, -0.1) is 0 Å². The van der Waals surface area contributed by atoms with Crippen molar-refractivity contribution in [2.24, 2.45) is 0 Å². The molecule has 2 N–H and O–H groups in total. The highest BCUT2D eigenvalue weighted by Gasteiger charge is 2.35. The second-order valence-electron chi connectivity index (χ2n) is 5.09. The molecule has 0 aromatic rings. The predicted molar refractivity (Wildman–Crippen MR) is 72.6 cm³/mol. The number of ether oxygens (including phenoxy) is 2. The number of aliphatic carboxylic acids is 1. The number of carboxylic acid groups (broad SMARTS) is 1. The molecule has 3 atom stereocenters. The van der Waals surface area contributed by atoms with Gasteiger partial charge in [0.1, 0.15) is 12.2 Å². The number of carbonyl (C=O) groups excluding carboxylic acids is 1. The molecule has 0 saturated carbocycles. The number of rotatable bonds is 7. The first-order chi connectivity index (χ1) is 9.47. The molecule has 3 unspecified atom stereocenters. The highest BCUT2D eigenvalue weighted by Crippen LogP contribution is 2.16. The van der Waals surface area contributed by atoms with Crippen molar-refractivity contribution in [3.63, 3.8) is 0 Å². The molecule has 0 spiro atoms. The Morgan fingerprint density at radius 2 is 1.85 bits per heavy atom. The van der Waals surface area contributed by atoms with Crippen LogP contribution in [0.15, 0.2) is 0 Å². The van der Waals surface area contributed by atoms with Gasteiger partial charge in [0.15, 0.2) is 0 Å². The van der Waals surface area contributed by atoms with Gasteiger partial charge < -0.3 is 24.8 Å². The van der Waals surface area contributed by atoms with Gasteiger partial charge in [-0.1, -0.05) is 0 Å². The normalized spacial score (nSPS) is 23.6. The minimum atomic E-state index is -0.811. The molecule has 7 heteroatoms. The standard InChI is InChI=1S/C13H24N2O5/c1-9(5-4-6-12(16)17)14-13(18)15-7-10(19-2)11(8-15)20-3/h9-11H,4-8H2,1-3H3,(H,14,18)(H,16,17). The molecule has 0 aromatic heterocycles. The molecule has 0 aliphatic carbocycles. The molecule has 2 amide bonds. The molecule has 0 bridgehead atoms. The zero-order valence-electron chi connectivity index (χ0n) is 12.3. The van der Waals surface area contributed by atoms with Crippen LogP contribution in [0.3, 0.4) is 0 Å². The molecule has 0 aromatic carbocycles. The van der Waals surface area contributed by atoms with Crippen LogP contribution < -0.4 is 5.32 Å². The molecule has 1 heterocycles. The second kappa shape index (κ2) is 8.06. The zero-order valence-corrected chi connectivity index (χ0v) is 12.3. The van der Waals surface area contributed by atoms with Crippen LogP contribution in [0.4, 0.5) is 4.79 Å². The fourth-order valence-electron chi connectivity index (χ4n) is 2.30. The summed E-state index contributed by atoms with van der Waals surface area (Å²) in [6.07, 6.45) is 1.12. The topological polar surface area (TPSA) is 88.1 Å². The third-order valence-electron chi connectivity index (χ3n) is 3.51. The van der Waals surface area contributed by atoms with Crippen LogP contribution in [-0.4, -0.2) is 67.6 Å². The van der Waals surface area contributed by atoms with E-state index in [1.54, 1.807) is 19.1 Å². The summed E-state index contributed by atoms with van der Waals surface area (Å²) >= 11 is 0. The van der Waals surface area contributed by atoms with Crippen molar-refractivity contribution in [3.8, 4) is 0 Å². The molecule has 1 saturated heterocycles. The van der Waals surface area contributed by atoms with Gasteiger partial charge in [-0.05, 0) is 19.8 Å². The summed E-state index contributed by atoms with van der Waals surface area (Å²) in [5.41, 5.74) is 0. The third kappa shape index (κ3) is 4.97. The quantitative estimate of drug-likeness (QED) is 0.719. The summed E-state index contributed by atoms with van der Waals surface area (Å²) in [6.45, 7) is 2.88. The highest BCUT2D eigenvalue weighted by molar-refractivity contribution is 5.75. The van der Waals surface area contributed by atoms with E-state index in [0.29, 0.717) is 25.9 Å². The first kappa shape index (κ1) is 16.7. The Balaban J connectivity index is 2.33. The molecule has 1 aliphatic heterocycles. The first-order valence-electron chi connectivity index (χ1n) is 6.80. The van der Waals surface area contributed by atoms with E-state index in [2.05, 4.69) is 5.32 Å². The summed E-state index contributed by atoms with van der Waals surface area (Å²) in [7, 11) is 3.21. The summed E-state index contributed by atoms with van der Waals surface area (Å²) in [5, 5.41) is 11.4. The van der Waals surface area contributed by atoms with Crippen molar-refractivity contribution in [2.75, 3.05) is 27.3 Å². The van der Waals surface area contributed by atoms with Crippen molar-refractivity contribution < 1.29 is 24.2 Å². The number of amides is 2. The number of nitrogens with one attached hydrogen (secondary N) is 1. The zero-order chi connectivity index (χ0) is 15.1. The molecule has 7 nitrogen and oxygen atoms in total. The summed E-state index contributed by atoms with van der Waals surface area (Å²) < 4.78 is 10.6. The maximum Gasteiger partial charge on any atom is 0.317 e. The monoisotopic (exact) mass is 288 g/mol. The summed E-state index contributed by atoms with van der Waals surface area (Å²) in [5.74, 6) is -0.811. The molecule has 1 rings (SSSR count). The van der Waals surface area contributed by atoms with Gasteiger partial charge in [0.2, 0.25) is 0 Å². The average Bonchev–Trinajstić information content (AvgIpc) is 2.81. The van der Waals surface area contributed by atoms with Crippen LogP contribution in [0, 0.1) is 0 Å². The molecule has 116 valence electrons. The van der Waals surface area contributed by atoms with E-state index >= 15 is 0 Å². The number of likely N-dealkylation sites (tertiary alicyclic amines) is 1. The third-order valence-corrected chi connectivity index (χ3v) is 3.51. The Morgan fingerprint density at radius 3 is 2.30 bits per heavy atom. The molecular formula is C13H24N2O5. The molecule has 1 fully saturated rings. The van der Waals surface area contributed by atoms with Gasteiger partial charge in [-0.2, -0.15) is 0 Å². The Hall–Kier alpha value is -1.34. The average molecular weight is 288 g/mol. The van der Waals surface area contributed by atoms with Gasteiger partial charge >= 0.3 is 12.0 Å². The fourth-order valence-corrected chi connectivity index (χ4v) is 2.30. The minimum absolute atomic E-state index is 0.0514. The van der Waals surface area contributed by atoms with Gasteiger partial charge in [0.05, 0.1) is 13.1 Å². The summed E-state index contributed by atoms with van der Waals surface area (Å²) in [6, 6.07) is -0.209. The van der Waals surface area contributed by atoms with E-state index < -0.39 is 5.97 Å². The second-order valence-corrected chi connectivity index (χ2v) is 5.09. The van der Waals surface area contributed by atoms with Crippen molar-refractivity contribution in [3.05, 3.63) is 0 Å². The first-order valence-corrected chi connectivity index (χ1v) is 6.80. The highest BCUT2D eigenvalue weighted by atomic mass is 16.5. The number of hydrogen-bond donors (Lipinski definition) is 2. The van der Waals surface area contributed by atoms with Crippen LogP contribution in [0.5, 0.6) is 0 Å². The SMILES string of the molecule is COC1CN(C(=O)NC(C)CCCC(=O)O)CC1OC. The smallest absolute Gasteiger partial charge is 0.317 e. The van der Waals surface area contributed by atoms with Gasteiger partial charge in [-0.3, -0.25) is 4.79 Å². The lowest BCUT2D eigenvalue weighted by Gasteiger charge is -2.20. The minimum Gasteiger partial charge on any atom is -0.481 e. The lowest BCUT2D eigenvalue weighted by molar-refractivity contribution is -0.137. The van der Waals surface area contributed by atoms with Gasteiger partial charge in [-0.25, -0.2) is 4.79 Å². The van der Waals surface area contributed by atoms with Crippen LogP contribution in [0.2, 0.25) is 0 Å². The van der Waals surface area contributed by atoms with E-state index in [0.717, 1.165) is 0 Å². The lowest BCUT2D eigenvalue weighted by Crippen LogP contribution is -2.43. The molecule has 1 aliphatic rings. The number of carboxylic acids is 1. The van der Waals surface area contributed by atoms with Gasteiger partial charge in [0.25, 0.3) is 0 Å². The Morgan fingerprint density at radius 1 is 1.30 bits per heavy atom. The van der Waals surface area contributed by atoms with Crippen LogP contribution in [-0.2, 0) is 14.3 Å². The van der Waals surface area contributed by atoms with E-state index in [1.165, 1.54) is 0 Å². The van der Waals surface area contributed by atoms with Gasteiger partial charge in [0, 0.05) is 26.7 Å². The van der Waals surface area contributed by atoms with E-state index in [4.69, 9.17) is 14.6 Å². The number of hydrogen-bond acceptors (Lipinski definition) is 4. The molecular weight excluding hydrogens is 264 g/mol. The molecule has 0 radical (unpaired) electrons. The maximum absolute atomic E-state index is 12.1. The number of methoxy groups -OCH3 is 2. The van der Waals surface area contributed by atoms with E-state index in [1.807, 2.05) is 6.92 Å². The molecule has 20 heavy (non-hydrogen) atoms. The van der Waals surface area contributed by atoms with Crippen LogP contribution in [0.25, 0.3) is 0 Å². The van der Waals surface area contributed by atoms with E-state index in [9.17, 15) is 9.59 Å². The fraction of sp³-hybridized carbons (Fsp3) is 0.846. The largest absolute Gasteiger partial charge is 0.481 e. The Bertz CT molecular complexity index is 325. The maximum atomic E-state index is 12.1. The number of urea groups is 1. The Kier molecular flexibility index (Phi) is 6.74. The van der Waals surface area contributed by atoms with Crippen LogP contribution >= 0.6 is 0 Å². The van der Waals surface area contributed by atoms with Crippen LogP contribution in [0.1, 0.15) is 26.2 Å². The predicted octanol–water partition coefficient (Wildman–Crippen LogP) is 0.685. The van der Waals surface area contributed by atoms with Crippen molar-refractivity contribution in [1.82, 2.24) is 10.2 Å². The number of carbonyl (C=O) groups is 2. The van der Waals surface area contributed by atoms with Crippen molar-refractivity contribution in [2.45, 2.75) is 44.4 Å². The Labute approximate surface area is 119 Å². The number of nitrogens with zero attached hydrogens (tertiary/aromatic N) is 1. The van der Waals surface area contributed by atoms with Crippen molar-refractivity contribution >= 4 is 12.0 Å². The van der Waals surface area contributed by atoms with Crippen molar-refractivity contribution in [1.29, 1.82) is 0 Å².